The van der Waals surface area contributed by atoms with Crippen LogP contribution in [0, 0.1) is 0 Å². The SMILES string of the molecule is CC1CCN(C(=O)CC(C(F)F)N2CCOCC2)CCS1. The Morgan fingerprint density at radius 2 is 2.00 bits per heavy atom. The summed E-state index contributed by atoms with van der Waals surface area (Å²) < 4.78 is 31.8. The fourth-order valence-electron chi connectivity index (χ4n) is 2.74. The molecule has 2 heterocycles. The van der Waals surface area contributed by atoms with Gasteiger partial charge in [-0.15, -0.1) is 0 Å². The molecule has 2 unspecified atom stereocenters. The van der Waals surface area contributed by atoms with Gasteiger partial charge in [0, 0.05) is 43.6 Å². The molecule has 2 rings (SSSR count). The molecule has 0 aromatic carbocycles. The third kappa shape index (κ3) is 5.07. The summed E-state index contributed by atoms with van der Waals surface area (Å²) in [6.07, 6.45) is -1.64. The molecule has 0 aromatic rings. The number of hydrogen-bond donors (Lipinski definition) is 0. The summed E-state index contributed by atoms with van der Waals surface area (Å²) >= 11 is 1.84. The number of amides is 1. The van der Waals surface area contributed by atoms with Crippen molar-refractivity contribution in [1.82, 2.24) is 9.80 Å². The molecule has 2 atom stereocenters. The number of carbonyl (C=O) groups excluding carboxylic acids is 1. The van der Waals surface area contributed by atoms with Crippen LogP contribution in [-0.2, 0) is 9.53 Å². The zero-order chi connectivity index (χ0) is 15.2. The average Bonchev–Trinajstić information content (AvgIpc) is 2.70. The van der Waals surface area contributed by atoms with E-state index in [1.54, 1.807) is 9.80 Å². The zero-order valence-electron chi connectivity index (χ0n) is 12.5. The molecule has 0 saturated carbocycles. The molecule has 0 spiro atoms. The molecule has 0 radical (unpaired) electrons. The van der Waals surface area contributed by atoms with Gasteiger partial charge in [-0.05, 0) is 6.42 Å². The van der Waals surface area contributed by atoms with Crippen molar-refractivity contribution in [3.8, 4) is 0 Å². The molecule has 2 aliphatic rings. The fourth-order valence-corrected chi connectivity index (χ4v) is 3.74. The first kappa shape index (κ1) is 17.0. The van der Waals surface area contributed by atoms with E-state index < -0.39 is 12.5 Å². The van der Waals surface area contributed by atoms with Crippen molar-refractivity contribution in [3.05, 3.63) is 0 Å². The highest BCUT2D eigenvalue weighted by atomic mass is 32.2. The van der Waals surface area contributed by atoms with Crippen LogP contribution < -0.4 is 0 Å². The first-order valence-corrected chi connectivity index (χ1v) is 8.62. The van der Waals surface area contributed by atoms with Gasteiger partial charge in [0.15, 0.2) is 0 Å². The van der Waals surface area contributed by atoms with Crippen LogP contribution in [0.2, 0.25) is 0 Å². The lowest BCUT2D eigenvalue weighted by Crippen LogP contribution is -2.49. The molecule has 2 saturated heterocycles. The molecule has 1 amide bonds. The molecule has 0 aliphatic carbocycles. The number of halogens is 2. The maximum atomic E-state index is 13.3. The molecule has 0 bridgehead atoms. The smallest absolute Gasteiger partial charge is 0.254 e. The lowest BCUT2D eigenvalue weighted by molar-refractivity contribution is -0.135. The van der Waals surface area contributed by atoms with Gasteiger partial charge in [-0.1, -0.05) is 6.92 Å². The van der Waals surface area contributed by atoms with Crippen LogP contribution >= 0.6 is 11.8 Å². The highest BCUT2D eigenvalue weighted by Crippen LogP contribution is 2.21. The average molecular weight is 322 g/mol. The predicted molar refractivity (Wildman–Crippen MR) is 79.9 cm³/mol. The second kappa shape index (κ2) is 8.29. The van der Waals surface area contributed by atoms with E-state index in [0.717, 1.165) is 12.2 Å². The summed E-state index contributed by atoms with van der Waals surface area (Å²) in [5.41, 5.74) is 0. The lowest BCUT2D eigenvalue weighted by Gasteiger charge is -2.34. The number of morpholine rings is 1. The first-order valence-electron chi connectivity index (χ1n) is 7.57. The maximum Gasteiger partial charge on any atom is 0.254 e. The van der Waals surface area contributed by atoms with Crippen LogP contribution in [0.3, 0.4) is 0 Å². The molecule has 0 N–H and O–H groups in total. The summed E-state index contributed by atoms with van der Waals surface area (Å²) in [5, 5.41) is 0.535. The van der Waals surface area contributed by atoms with Crippen molar-refractivity contribution < 1.29 is 18.3 Å². The number of alkyl halides is 2. The van der Waals surface area contributed by atoms with Gasteiger partial charge < -0.3 is 9.64 Å². The Balaban J connectivity index is 1.90. The van der Waals surface area contributed by atoms with Crippen molar-refractivity contribution in [2.45, 2.75) is 37.5 Å². The van der Waals surface area contributed by atoms with Crippen molar-refractivity contribution >= 4 is 17.7 Å². The van der Waals surface area contributed by atoms with Gasteiger partial charge in [-0.2, -0.15) is 11.8 Å². The summed E-state index contributed by atoms with van der Waals surface area (Å²) in [4.78, 5) is 15.8. The molecule has 2 fully saturated rings. The van der Waals surface area contributed by atoms with Crippen molar-refractivity contribution in [2.75, 3.05) is 45.1 Å². The molecule has 21 heavy (non-hydrogen) atoms. The van der Waals surface area contributed by atoms with Gasteiger partial charge in [0.25, 0.3) is 6.43 Å². The molecular weight excluding hydrogens is 298 g/mol. The highest BCUT2D eigenvalue weighted by molar-refractivity contribution is 7.99. The Morgan fingerprint density at radius 3 is 2.67 bits per heavy atom. The summed E-state index contributed by atoms with van der Waals surface area (Å²) in [6.45, 7) is 5.40. The van der Waals surface area contributed by atoms with Crippen LogP contribution in [-0.4, -0.2) is 78.6 Å². The minimum Gasteiger partial charge on any atom is -0.379 e. The number of carbonyl (C=O) groups is 1. The van der Waals surface area contributed by atoms with E-state index in [4.69, 9.17) is 4.74 Å². The van der Waals surface area contributed by atoms with E-state index in [0.29, 0.717) is 44.6 Å². The monoisotopic (exact) mass is 322 g/mol. The van der Waals surface area contributed by atoms with E-state index in [9.17, 15) is 13.6 Å². The van der Waals surface area contributed by atoms with E-state index in [-0.39, 0.29) is 12.3 Å². The summed E-state index contributed by atoms with van der Waals surface area (Å²) in [7, 11) is 0. The van der Waals surface area contributed by atoms with Crippen LogP contribution in [0.5, 0.6) is 0 Å². The zero-order valence-corrected chi connectivity index (χ0v) is 13.3. The molecule has 122 valence electrons. The third-order valence-corrected chi connectivity index (χ3v) is 5.33. The number of nitrogens with zero attached hydrogens (tertiary/aromatic N) is 2. The number of ether oxygens (including phenoxy) is 1. The predicted octanol–water partition coefficient (Wildman–Crippen LogP) is 1.70. The van der Waals surface area contributed by atoms with Crippen LogP contribution in [0.25, 0.3) is 0 Å². The van der Waals surface area contributed by atoms with E-state index >= 15 is 0 Å². The lowest BCUT2D eigenvalue weighted by atomic mass is 10.1. The van der Waals surface area contributed by atoms with Gasteiger partial charge in [-0.3, -0.25) is 9.69 Å². The van der Waals surface area contributed by atoms with E-state index in [2.05, 4.69) is 6.92 Å². The van der Waals surface area contributed by atoms with Crippen molar-refractivity contribution in [2.24, 2.45) is 0 Å². The quantitative estimate of drug-likeness (QED) is 0.789. The number of hydrogen-bond acceptors (Lipinski definition) is 4. The minimum absolute atomic E-state index is 0.0866. The number of rotatable bonds is 4. The van der Waals surface area contributed by atoms with Crippen LogP contribution in [0.4, 0.5) is 8.78 Å². The molecule has 2 aliphatic heterocycles. The second-order valence-corrected chi connectivity index (χ2v) is 7.15. The van der Waals surface area contributed by atoms with Gasteiger partial charge >= 0.3 is 0 Å². The van der Waals surface area contributed by atoms with Gasteiger partial charge in [0.1, 0.15) is 0 Å². The van der Waals surface area contributed by atoms with Gasteiger partial charge in [-0.25, -0.2) is 8.78 Å². The Bertz CT molecular complexity index is 341. The largest absolute Gasteiger partial charge is 0.379 e. The van der Waals surface area contributed by atoms with Crippen LogP contribution in [0.15, 0.2) is 0 Å². The minimum atomic E-state index is -2.49. The standard InChI is InChI=1S/C14H24F2N2O2S/c1-11-2-3-18(6-9-21-11)13(19)10-12(14(15)16)17-4-7-20-8-5-17/h11-12,14H,2-10H2,1H3. The van der Waals surface area contributed by atoms with Gasteiger partial charge in [0.2, 0.25) is 5.91 Å². The van der Waals surface area contributed by atoms with Crippen LogP contribution in [0.1, 0.15) is 19.8 Å². The number of thioether (sulfide) groups is 1. The van der Waals surface area contributed by atoms with E-state index in [1.807, 2.05) is 11.8 Å². The summed E-state index contributed by atoms with van der Waals surface area (Å²) in [6, 6.07) is -0.977. The molecular formula is C14H24F2N2O2S. The molecule has 0 aromatic heterocycles. The van der Waals surface area contributed by atoms with Gasteiger partial charge in [0.05, 0.1) is 19.3 Å². The Morgan fingerprint density at radius 1 is 1.29 bits per heavy atom. The van der Waals surface area contributed by atoms with Crippen molar-refractivity contribution in [3.63, 3.8) is 0 Å². The molecule has 4 nitrogen and oxygen atoms in total. The molecule has 7 heteroatoms. The summed E-state index contributed by atoms with van der Waals surface area (Å²) in [5.74, 6) is 0.755. The maximum absolute atomic E-state index is 13.3. The Labute approximate surface area is 129 Å². The first-order chi connectivity index (χ1) is 10.1. The third-order valence-electron chi connectivity index (χ3n) is 4.11. The highest BCUT2D eigenvalue weighted by Gasteiger charge is 2.32. The topological polar surface area (TPSA) is 32.8 Å². The second-order valence-electron chi connectivity index (χ2n) is 5.61. The fraction of sp³-hybridized carbons (Fsp3) is 0.929. The van der Waals surface area contributed by atoms with E-state index in [1.165, 1.54) is 0 Å². The Hall–Kier alpha value is -0.400. The Kier molecular flexibility index (Phi) is 6.70. The normalized spacial score (nSPS) is 26.7. The van der Waals surface area contributed by atoms with Crippen molar-refractivity contribution in [1.29, 1.82) is 0 Å².